The molecule has 2 rings (SSSR count). The fourth-order valence-corrected chi connectivity index (χ4v) is 2.59. The third kappa shape index (κ3) is 3.57. The molecule has 2 aromatic heterocycles. The van der Waals surface area contributed by atoms with Crippen LogP contribution in [-0.4, -0.2) is 20.8 Å². The van der Waals surface area contributed by atoms with Crippen molar-refractivity contribution >= 4 is 17.4 Å². The van der Waals surface area contributed by atoms with Crippen molar-refractivity contribution in [2.24, 2.45) is 7.05 Å². The number of carbonyl (C=O) groups is 1. The number of amides is 2. The predicted molar refractivity (Wildman–Crippen MR) is 78.5 cm³/mol. The molecule has 0 bridgehead atoms. The minimum atomic E-state index is -0.204. The highest BCUT2D eigenvalue weighted by Crippen LogP contribution is 2.16. The molecule has 1 atom stereocenters. The number of hydrogen-bond acceptors (Lipinski definition) is 4. The van der Waals surface area contributed by atoms with E-state index in [0.717, 1.165) is 22.8 Å². The van der Waals surface area contributed by atoms with Gasteiger partial charge < -0.3 is 10.6 Å². The number of thiazole rings is 1. The van der Waals surface area contributed by atoms with Gasteiger partial charge in [-0.15, -0.1) is 11.3 Å². The maximum atomic E-state index is 11.8. The molecule has 0 radical (unpaired) electrons. The van der Waals surface area contributed by atoms with Gasteiger partial charge in [0.05, 0.1) is 29.0 Å². The first-order valence-corrected chi connectivity index (χ1v) is 7.43. The lowest BCUT2D eigenvalue weighted by Crippen LogP contribution is -2.37. The Bertz CT molecular complexity index is 577. The summed E-state index contributed by atoms with van der Waals surface area (Å²) < 4.78 is 1.73. The molecule has 2 amide bonds. The number of nitrogens with one attached hydrogen (secondary N) is 2. The highest BCUT2D eigenvalue weighted by Gasteiger charge is 2.12. The van der Waals surface area contributed by atoms with Crippen LogP contribution in [0.2, 0.25) is 0 Å². The normalized spacial score (nSPS) is 12.2. The van der Waals surface area contributed by atoms with Crippen LogP contribution in [0, 0.1) is 0 Å². The van der Waals surface area contributed by atoms with E-state index in [4.69, 9.17) is 0 Å². The van der Waals surface area contributed by atoms with Crippen molar-refractivity contribution < 1.29 is 4.79 Å². The van der Waals surface area contributed by atoms with Gasteiger partial charge in [0, 0.05) is 18.6 Å². The Morgan fingerprint density at radius 1 is 1.55 bits per heavy atom. The Hall–Kier alpha value is -1.89. The summed E-state index contributed by atoms with van der Waals surface area (Å²) in [5.41, 5.74) is 1.86. The largest absolute Gasteiger partial charge is 0.333 e. The molecule has 0 spiro atoms. The second-order valence-corrected chi connectivity index (χ2v) is 5.46. The van der Waals surface area contributed by atoms with Crippen molar-refractivity contribution in [3.63, 3.8) is 0 Å². The van der Waals surface area contributed by atoms with Gasteiger partial charge in [-0.3, -0.25) is 4.68 Å². The third-order valence-electron chi connectivity index (χ3n) is 3.02. The Balaban J connectivity index is 1.83. The minimum Gasteiger partial charge on any atom is -0.333 e. The predicted octanol–water partition coefficient (Wildman–Crippen LogP) is 2.00. The fourth-order valence-electron chi connectivity index (χ4n) is 1.75. The van der Waals surface area contributed by atoms with Crippen molar-refractivity contribution in [2.45, 2.75) is 32.9 Å². The second-order valence-electron chi connectivity index (χ2n) is 4.51. The van der Waals surface area contributed by atoms with E-state index < -0.39 is 0 Å². The van der Waals surface area contributed by atoms with Gasteiger partial charge >= 0.3 is 6.03 Å². The number of aryl methyl sites for hydroxylation is 2. The van der Waals surface area contributed by atoms with Gasteiger partial charge in [-0.05, 0) is 19.4 Å². The van der Waals surface area contributed by atoms with Gasteiger partial charge in [0.1, 0.15) is 0 Å². The number of urea groups is 1. The lowest BCUT2D eigenvalue weighted by atomic mass is 10.2. The molecule has 7 heteroatoms. The van der Waals surface area contributed by atoms with E-state index in [9.17, 15) is 4.79 Å². The second kappa shape index (κ2) is 6.51. The number of hydrogen-bond donors (Lipinski definition) is 2. The van der Waals surface area contributed by atoms with Crippen molar-refractivity contribution in [3.8, 4) is 0 Å². The average molecular weight is 293 g/mol. The first kappa shape index (κ1) is 14.5. The zero-order valence-electron chi connectivity index (χ0n) is 11.9. The first-order valence-electron chi connectivity index (χ1n) is 6.55. The lowest BCUT2D eigenvalue weighted by Gasteiger charge is -2.12. The van der Waals surface area contributed by atoms with Crippen LogP contribution in [0.25, 0.3) is 0 Å². The van der Waals surface area contributed by atoms with Gasteiger partial charge in [-0.2, -0.15) is 5.10 Å². The van der Waals surface area contributed by atoms with Crippen LogP contribution in [0.3, 0.4) is 0 Å². The third-order valence-corrected chi connectivity index (χ3v) is 4.03. The van der Waals surface area contributed by atoms with E-state index in [0.29, 0.717) is 6.54 Å². The molecule has 0 aliphatic heterocycles. The molecule has 20 heavy (non-hydrogen) atoms. The van der Waals surface area contributed by atoms with Crippen LogP contribution < -0.4 is 10.6 Å². The van der Waals surface area contributed by atoms with Gasteiger partial charge in [-0.25, -0.2) is 9.78 Å². The lowest BCUT2D eigenvalue weighted by molar-refractivity contribution is 0.237. The summed E-state index contributed by atoms with van der Waals surface area (Å²) >= 11 is 1.62. The summed E-state index contributed by atoms with van der Waals surface area (Å²) in [7, 11) is 1.85. The van der Waals surface area contributed by atoms with Crippen LogP contribution in [0.15, 0.2) is 17.6 Å². The van der Waals surface area contributed by atoms with Gasteiger partial charge in [0.2, 0.25) is 0 Å². The minimum absolute atomic E-state index is 0.0990. The van der Waals surface area contributed by atoms with Crippen molar-refractivity contribution in [1.29, 1.82) is 0 Å². The monoisotopic (exact) mass is 293 g/mol. The molecule has 2 aromatic rings. The first-order chi connectivity index (χ1) is 9.60. The van der Waals surface area contributed by atoms with Crippen LogP contribution in [-0.2, 0) is 20.0 Å². The summed E-state index contributed by atoms with van der Waals surface area (Å²) in [6, 6.07) is 1.57. The van der Waals surface area contributed by atoms with E-state index in [1.807, 2.05) is 25.4 Å². The van der Waals surface area contributed by atoms with Crippen LogP contribution in [0.4, 0.5) is 4.79 Å². The maximum absolute atomic E-state index is 11.8. The van der Waals surface area contributed by atoms with E-state index in [1.165, 1.54) is 0 Å². The molecule has 6 nitrogen and oxygen atoms in total. The molecule has 0 fully saturated rings. The molecule has 0 saturated heterocycles. The Kier molecular flexibility index (Phi) is 4.73. The van der Waals surface area contributed by atoms with Gasteiger partial charge in [0.15, 0.2) is 0 Å². The summed E-state index contributed by atoms with van der Waals surface area (Å²) in [5, 5.41) is 12.8. The van der Waals surface area contributed by atoms with Crippen molar-refractivity contribution in [2.75, 3.05) is 0 Å². The molecular weight excluding hydrogens is 274 g/mol. The molecule has 0 aliphatic rings. The SMILES string of the molecule is CCc1nc(C(C)NC(=O)NCc2ccnn2C)cs1. The highest BCUT2D eigenvalue weighted by molar-refractivity contribution is 7.09. The quantitative estimate of drug-likeness (QED) is 0.885. The molecule has 108 valence electrons. The van der Waals surface area contributed by atoms with Gasteiger partial charge in [0.25, 0.3) is 0 Å². The van der Waals surface area contributed by atoms with Crippen LogP contribution >= 0.6 is 11.3 Å². The molecule has 0 aliphatic carbocycles. The standard InChI is InChI=1S/C13H19N5OS/c1-4-12-17-11(8-20-12)9(2)16-13(19)14-7-10-5-6-15-18(10)3/h5-6,8-9H,4,7H2,1-3H3,(H2,14,16,19). The Labute approximate surface area is 122 Å². The summed E-state index contributed by atoms with van der Waals surface area (Å²) in [6.07, 6.45) is 2.63. The van der Waals surface area contributed by atoms with E-state index >= 15 is 0 Å². The van der Waals surface area contributed by atoms with E-state index in [-0.39, 0.29) is 12.1 Å². The molecule has 0 saturated carbocycles. The van der Waals surface area contributed by atoms with Crippen molar-refractivity contribution in [3.05, 3.63) is 34.0 Å². The number of carbonyl (C=O) groups excluding carboxylic acids is 1. The zero-order chi connectivity index (χ0) is 14.5. The number of aromatic nitrogens is 3. The maximum Gasteiger partial charge on any atom is 0.315 e. The summed E-state index contributed by atoms with van der Waals surface area (Å²) in [5.74, 6) is 0. The van der Waals surface area contributed by atoms with Crippen LogP contribution in [0.5, 0.6) is 0 Å². The average Bonchev–Trinajstić information content (AvgIpc) is 3.05. The molecule has 0 aromatic carbocycles. The number of nitrogens with zero attached hydrogens (tertiary/aromatic N) is 3. The Morgan fingerprint density at radius 3 is 2.95 bits per heavy atom. The molecular formula is C13H19N5OS. The number of rotatable bonds is 5. The molecule has 2 N–H and O–H groups in total. The topological polar surface area (TPSA) is 71.8 Å². The highest BCUT2D eigenvalue weighted by atomic mass is 32.1. The van der Waals surface area contributed by atoms with E-state index in [1.54, 1.807) is 22.2 Å². The molecule has 1 unspecified atom stereocenters. The van der Waals surface area contributed by atoms with Crippen LogP contribution in [0.1, 0.15) is 36.3 Å². The van der Waals surface area contributed by atoms with E-state index in [2.05, 4.69) is 27.6 Å². The molecule has 2 heterocycles. The summed E-state index contributed by atoms with van der Waals surface area (Å²) in [4.78, 5) is 16.3. The fraction of sp³-hybridized carbons (Fsp3) is 0.462. The van der Waals surface area contributed by atoms with Gasteiger partial charge in [-0.1, -0.05) is 6.92 Å². The zero-order valence-corrected chi connectivity index (χ0v) is 12.7. The smallest absolute Gasteiger partial charge is 0.315 e. The van der Waals surface area contributed by atoms with Crippen molar-refractivity contribution in [1.82, 2.24) is 25.4 Å². The Morgan fingerprint density at radius 2 is 2.35 bits per heavy atom. The summed E-state index contributed by atoms with van der Waals surface area (Å²) in [6.45, 7) is 4.45.